The Hall–Kier alpha value is -6.06. The number of hydrogen-bond acceptors (Lipinski definition) is 1. The average molecular weight is 576 g/mol. The van der Waals surface area contributed by atoms with Crippen LogP contribution in [0.3, 0.4) is 0 Å². The van der Waals surface area contributed by atoms with E-state index in [-0.39, 0.29) is 0 Å². The van der Waals surface area contributed by atoms with Gasteiger partial charge < -0.3 is 14.0 Å². The van der Waals surface area contributed by atoms with Gasteiger partial charge in [0, 0.05) is 50.8 Å². The van der Waals surface area contributed by atoms with Crippen LogP contribution >= 0.6 is 0 Å². The van der Waals surface area contributed by atoms with Crippen molar-refractivity contribution in [3.63, 3.8) is 0 Å². The second kappa shape index (κ2) is 10.3. The summed E-state index contributed by atoms with van der Waals surface area (Å²) in [6.07, 6.45) is 2.18. The third-order valence-corrected chi connectivity index (χ3v) is 8.90. The molecule has 0 bridgehead atoms. The molecule has 0 atom stereocenters. The lowest BCUT2D eigenvalue weighted by Crippen LogP contribution is -2.09. The van der Waals surface area contributed by atoms with Crippen molar-refractivity contribution in [2.24, 2.45) is 0 Å². The number of rotatable bonds is 5. The van der Waals surface area contributed by atoms with Crippen LogP contribution in [0, 0.1) is 0 Å². The smallest absolute Gasteiger partial charge is 0.0562 e. The van der Waals surface area contributed by atoms with E-state index in [2.05, 4.69) is 190 Å². The molecule has 0 fully saturated rings. The first kappa shape index (κ1) is 25.4. The van der Waals surface area contributed by atoms with E-state index in [9.17, 15) is 0 Å². The minimum absolute atomic E-state index is 1.11. The normalized spacial score (nSPS) is 11.6. The molecule has 0 unspecified atom stereocenters. The van der Waals surface area contributed by atoms with Gasteiger partial charge in [0.2, 0.25) is 0 Å². The maximum absolute atomic E-state index is 2.43. The van der Waals surface area contributed by atoms with Crippen LogP contribution in [0.2, 0.25) is 0 Å². The molecule has 0 aliphatic carbocycles. The van der Waals surface area contributed by atoms with Gasteiger partial charge in [0.1, 0.15) is 0 Å². The minimum Gasteiger partial charge on any atom is -0.316 e. The highest BCUT2D eigenvalue weighted by Crippen LogP contribution is 2.40. The number of hydrogen-bond donors (Lipinski definition) is 0. The lowest BCUT2D eigenvalue weighted by molar-refractivity contribution is 1.12. The predicted octanol–water partition coefficient (Wildman–Crippen LogP) is 11.4. The highest BCUT2D eigenvalue weighted by molar-refractivity contribution is 6.23. The van der Waals surface area contributed by atoms with Gasteiger partial charge >= 0.3 is 0 Å². The molecule has 45 heavy (non-hydrogen) atoms. The highest BCUT2D eigenvalue weighted by atomic mass is 15.1. The molecule has 0 radical (unpaired) electrons. The SMILES string of the molecule is c1ccc(N(c2ccccc2)c2ccc(-n3c4cc5c(ccn5-c5ccccc5)cc4c4c5ccccc5ccc43)cc2)cc1. The van der Waals surface area contributed by atoms with Crippen LogP contribution in [0.4, 0.5) is 17.1 Å². The number of para-hydroxylation sites is 3. The Morgan fingerprint density at radius 3 is 1.71 bits per heavy atom. The van der Waals surface area contributed by atoms with Gasteiger partial charge in [-0.25, -0.2) is 0 Å². The first-order chi connectivity index (χ1) is 22.3. The van der Waals surface area contributed by atoms with E-state index in [0.717, 1.165) is 28.4 Å². The fraction of sp³-hybridized carbons (Fsp3) is 0. The Labute approximate surface area is 261 Å². The first-order valence-electron chi connectivity index (χ1n) is 15.4. The lowest BCUT2D eigenvalue weighted by Gasteiger charge is -2.25. The van der Waals surface area contributed by atoms with E-state index in [1.165, 1.54) is 43.5 Å². The van der Waals surface area contributed by atoms with Crippen LogP contribution in [0.25, 0.3) is 54.9 Å². The third-order valence-electron chi connectivity index (χ3n) is 8.90. The van der Waals surface area contributed by atoms with Crippen molar-refractivity contribution in [2.75, 3.05) is 4.90 Å². The Balaban J connectivity index is 1.28. The standard InChI is InChI=1S/C42H29N3/c1-4-13-32(14-5-1)43-27-26-31-28-38-41(29-40(31)43)45(39-25-20-30-12-10-11-19-37(30)42(38)39)36-23-21-35(22-24-36)44(33-15-6-2-7-16-33)34-17-8-3-9-18-34/h1-29H. The number of aromatic nitrogens is 2. The highest BCUT2D eigenvalue weighted by Gasteiger charge is 2.18. The molecule has 0 spiro atoms. The average Bonchev–Trinajstić information content (AvgIpc) is 3.68. The summed E-state index contributed by atoms with van der Waals surface area (Å²) in [5.74, 6) is 0. The van der Waals surface area contributed by atoms with E-state index in [4.69, 9.17) is 0 Å². The molecule has 212 valence electrons. The molecular weight excluding hydrogens is 546 g/mol. The monoisotopic (exact) mass is 575 g/mol. The molecule has 0 aliphatic heterocycles. The Kier molecular flexibility index (Phi) is 5.82. The van der Waals surface area contributed by atoms with Gasteiger partial charge in [-0.2, -0.15) is 0 Å². The molecule has 9 rings (SSSR count). The predicted molar refractivity (Wildman–Crippen MR) is 190 cm³/mol. The van der Waals surface area contributed by atoms with Gasteiger partial charge in [0.05, 0.1) is 16.6 Å². The minimum atomic E-state index is 1.11. The Morgan fingerprint density at radius 1 is 0.378 bits per heavy atom. The van der Waals surface area contributed by atoms with Gasteiger partial charge in [-0.1, -0.05) is 84.9 Å². The molecule has 2 heterocycles. The maximum Gasteiger partial charge on any atom is 0.0562 e. The number of nitrogens with zero attached hydrogens (tertiary/aromatic N) is 3. The van der Waals surface area contributed by atoms with Crippen molar-refractivity contribution >= 4 is 60.5 Å². The van der Waals surface area contributed by atoms with E-state index in [1.54, 1.807) is 0 Å². The zero-order chi connectivity index (χ0) is 29.7. The van der Waals surface area contributed by atoms with Crippen LogP contribution in [0.5, 0.6) is 0 Å². The van der Waals surface area contributed by atoms with Crippen molar-refractivity contribution in [3.8, 4) is 11.4 Å². The van der Waals surface area contributed by atoms with Crippen molar-refractivity contribution in [2.45, 2.75) is 0 Å². The van der Waals surface area contributed by atoms with Crippen LogP contribution in [-0.2, 0) is 0 Å². The molecule has 0 aliphatic rings. The van der Waals surface area contributed by atoms with Crippen molar-refractivity contribution < 1.29 is 0 Å². The molecule has 0 saturated carbocycles. The van der Waals surface area contributed by atoms with Crippen LogP contribution in [0.15, 0.2) is 176 Å². The molecular formula is C42H29N3. The quantitative estimate of drug-likeness (QED) is 0.199. The molecule has 7 aromatic carbocycles. The van der Waals surface area contributed by atoms with Gasteiger partial charge in [0.15, 0.2) is 0 Å². The van der Waals surface area contributed by atoms with E-state index in [0.29, 0.717) is 0 Å². The van der Waals surface area contributed by atoms with Crippen LogP contribution < -0.4 is 4.90 Å². The van der Waals surface area contributed by atoms with E-state index in [1.807, 2.05) is 0 Å². The first-order valence-corrected chi connectivity index (χ1v) is 15.4. The fourth-order valence-corrected chi connectivity index (χ4v) is 6.86. The summed E-state index contributed by atoms with van der Waals surface area (Å²) >= 11 is 0. The van der Waals surface area contributed by atoms with Crippen LogP contribution in [-0.4, -0.2) is 9.13 Å². The second-order valence-corrected chi connectivity index (χ2v) is 11.5. The lowest BCUT2D eigenvalue weighted by atomic mass is 10.0. The molecule has 0 amide bonds. The Morgan fingerprint density at radius 2 is 1.00 bits per heavy atom. The number of benzene rings is 7. The third kappa shape index (κ3) is 4.13. The summed E-state index contributed by atoms with van der Waals surface area (Å²) in [5, 5.41) is 6.31. The molecule has 9 aromatic rings. The molecule has 0 saturated heterocycles. The summed E-state index contributed by atoms with van der Waals surface area (Å²) in [6.45, 7) is 0. The topological polar surface area (TPSA) is 13.1 Å². The number of fused-ring (bicyclic) bond motifs is 6. The summed E-state index contributed by atoms with van der Waals surface area (Å²) in [5.41, 5.74) is 9.26. The zero-order valence-electron chi connectivity index (χ0n) is 24.6. The summed E-state index contributed by atoms with van der Waals surface area (Å²) in [4.78, 5) is 2.31. The molecule has 2 aromatic heterocycles. The van der Waals surface area contributed by atoms with Gasteiger partial charge in [-0.3, -0.25) is 0 Å². The molecule has 3 nitrogen and oxygen atoms in total. The summed E-state index contributed by atoms with van der Waals surface area (Å²) in [6, 6.07) is 60.9. The van der Waals surface area contributed by atoms with Crippen LogP contribution in [0.1, 0.15) is 0 Å². The molecule has 3 heteroatoms. The summed E-state index contributed by atoms with van der Waals surface area (Å²) < 4.78 is 4.72. The van der Waals surface area contributed by atoms with Gasteiger partial charge in [-0.05, 0) is 95.7 Å². The van der Waals surface area contributed by atoms with Crippen molar-refractivity contribution in [1.29, 1.82) is 0 Å². The van der Waals surface area contributed by atoms with E-state index < -0.39 is 0 Å². The summed E-state index contributed by atoms with van der Waals surface area (Å²) in [7, 11) is 0. The molecule has 0 N–H and O–H groups in total. The van der Waals surface area contributed by atoms with Gasteiger partial charge in [-0.15, -0.1) is 0 Å². The van der Waals surface area contributed by atoms with Crippen molar-refractivity contribution in [1.82, 2.24) is 9.13 Å². The number of anilines is 3. The second-order valence-electron chi connectivity index (χ2n) is 11.5. The maximum atomic E-state index is 2.43. The largest absolute Gasteiger partial charge is 0.316 e. The fourth-order valence-electron chi connectivity index (χ4n) is 6.86. The van der Waals surface area contributed by atoms with Crippen molar-refractivity contribution in [3.05, 3.63) is 176 Å². The Bertz CT molecular complexity index is 2420. The van der Waals surface area contributed by atoms with Gasteiger partial charge in [0.25, 0.3) is 0 Å². The zero-order valence-corrected chi connectivity index (χ0v) is 24.6. The van der Waals surface area contributed by atoms with E-state index >= 15 is 0 Å².